The predicted octanol–water partition coefficient (Wildman–Crippen LogP) is 1.09. The number of rotatable bonds is 7. The number of amides is 3. The first-order valence-corrected chi connectivity index (χ1v) is 7.66. The van der Waals surface area contributed by atoms with Gasteiger partial charge in [-0.05, 0) is 24.6 Å². The van der Waals surface area contributed by atoms with Gasteiger partial charge in [0.2, 0.25) is 17.7 Å². The lowest BCUT2D eigenvalue weighted by Crippen LogP contribution is -2.38. The molecule has 0 aliphatic carbocycles. The van der Waals surface area contributed by atoms with E-state index in [-0.39, 0.29) is 18.3 Å². The van der Waals surface area contributed by atoms with Gasteiger partial charge in [0, 0.05) is 12.7 Å². The van der Waals surface area contributed by atoms with Gasteiger partial charge >= 0.3 is 0 Å². The van der Waals surface area contributed by atoms with Crippen LogP contribution in [-0.4, -0.2) is 22.7 Å². The van der Waals surface area contributed by atoms with Crippen molar-refractivity contribution in [1.82, 2.24) is 10.3 Å². The van der Waals surface area contributed by atoms with E-state index in [0.717, 1.165) is 11.1 Å². The zero-order valence-corrected chi connectivity index (χ0v) is 13.8. The number of primary amides is 1. The van der Waals surface area contributed by atoms with Crippen molar-refractivity contribution < 1.29 is 14.4 Å². The molecule has 3 amide bonds. The minimum Gasteiger partial charge on any atom is -0.370 e. The second-order valence-corrected chi connectivity index (χ2v) is 5.46. The van der Waals surface area contributed by atoms with E-state index in [2.05, 4.69) is 15.6 Å². The smallest absolute Gasteiger partial charge is 0.243 e. The molecule has 25 heavy (non-hydrogen) atoms. The van der Waals surface area contributed by atoms with Crippen molar-refractivity contribution in [2.24, 2.45) is 5.73 Å². The Bertz CT molecular complexity index is 762. The third-order valence-electron chi connectivity index (χ3n) is 3.34. The van der Waals surface area contributed by atoms with Crippen molar-refractivity contribution in [2.75, 3.05) is 5.32 Å². The molecular formula is C18H19N4O3. The van der Waals surface area contributed by atoms with Gasteiger partial charge in [0.1, 0.15) is 5.82 Å². The van der Waals surface area contributed by atoms with E-state index >= 15 is 0 Å². The Balaban J connectivity index is 2.03. The Morgan fingerprint density at radius 1 is 1.08 bits per heavy atom. The van der Waals surface area contributed by atoms with Crippen molar-refractivity contribution in [3.63, 3.8) is 0 Å². The fourth-order valence-corrected chi connectivity index (χ4v) is 2.18. The molecule has 1 aromatic carbocycles. The number of nitrogens with zero attached hydrogens (tertiary/aromatic N) is 1. The Morgan fingerprint density at radius 3 is 2.52 bits per heavy atom. The zero-order chi connectivity index (χ0) is 18.2. The fourth-order valence-electron chi connectivity index (χ4n) is 2.18. The molecular weight excluding hydrogens is 320 g/mol. The quantitative estimate of drug-likeness (QED) is 0.655. The molecule has 0 unspecified atom stereocenters. The summed E-state index contributed by atoms with van der Waals surface area (Å²) in [6.45, 7) is 2.18. The summed E-state index contributed by atoms with van der Waals surface area (Å²) in [6, 6.07) is 12.5. The Labute approximate surface area is 145 Å². The number of hydrogen-bond donors (Lipinski definition) is 3. The van der Waals surface area contributed by atoms with Crippen LogP contribution in [0, 0.1) is 12.8 Å². The lowest BCUT2D eigenvalue weighted by molar-refractivity contribution is -0.128. The van der Waals surface area contributed by atoms with Crippen molar-refractivity contribution in [2.45, 2.75) is 19.9 Å². The van der Waals surface area contributed by atoms with E-state index < -0.39 is 24.1 Å². The van der Waals surface area contributed by atoms with Crippen LogP contribution >= 0.6 is 0 Å². The lowest BCUT2D eigenvalue weighted by atomic mass is 10.0. The van der Waals surface area contributed by atoms with Crippen LogP contribution in [0.3, 0.4) is 0 Å². The molecule has 0 atom stereocenters. The number of nitrogens with two attached hydrogens (primary N) is 1. The molecule has 1 radical (unpaired) electrons. The highest BCUT2D eigenvalue weighted by Crippen LogP contribution is 2.12. The maximum Gasteiger partial charge on any atom is 0.243 e. The predicted molar refractivity (Wildman–Crippen MR) is 92.9 cm³/mol. The summed E-state index contributed by atoms with van der Waals surface area (Å²) >= 11 is 0. The highest BCUT2D eigenvalue weighted by Gasteiger charge is 2.30. The number of pyridine rings is 1. The molecule has 0 saturated carbocycles. The van der Waals surface area contributed by atoms with E-state index in [1.807, 2.05) is 31.2 Å². The second-order valence-electron chi connectivity index (χ2n) is 5.46. The van der Waals surface area contributed by atoms with Crippen LogP contribution in [0.2, 0.25) is 0 Å². The van der Waals surface area contributed by atoms with Crippen LogP contribution in [-0.2, 0) is 20.9 Å². The van der Waals surface area contributed by atoms with Crippen molar-refractivity contribution in [3.8, 4) is 0 Å². The van der Waals surface area contributed by atoms with Gasteiger partial charge in [0.25, 0.3) is 0 Å². The van der Waals surface area contributed by atoms with Gasteiger partial charge in [-0.25, -0.2) is 4.98 Å². The lowest BCUT2D eigenvalue weighted by Gasteiger charge is -2.14. The van der Waals surface area contributed by atoms with Crippen LogP contribution in [0.25, 0.3) is 0 Å². The average Bonchev–Trinajstić information content (AvgIpc) is 2.58. The van der Waals surface area contributed by atoms with Gasteiger partial charge in [0.05, 0.1) is 6.42 Å². The van der Waals surface area contributed by atoms with E-state index in [4.69, 9.17) is 5.73 Å². The standard InChI is InChI=1S/C18H19N4O3/c1-12-5-4-6-13(9-12)11-21-17(24)14(10-15(19)23)18(25)22-16-7-2-3-8-20-16/h2-9H,10-11H2,1H3,(H2,19,23)(H,21,24)(H,20,22,25). The highest BCUT2D eigenvalue weighted by atomic mass is 16.2. The van der Waals surface area contributed by atoms with E-state index in [1.165, 1.54) is 6.20 Å². The van der Waals surface area contributed by atoms with Gasteiger partial charge in [0.15, 0.2) is 5.92 Å². The summed E-state index contributed by atoms with van der Waals surface area (Å²) in [7, 11) is 0. The molecule has 2 rings (SSSR count). The number of anilines is 1. The molecule has 7 heteroatoms. The second kappa shape index (κ2) is 8.58. The summed E-state index contributed by atoms with van der Waals surface area (Å²) in [4.78, 5) is 39.8. The topological polar surface area (TPSA) is 114 Å². The molecule has 0 aliphatic rings. The van der Waals surface area contributed by atoms with Gasteiger partial charge < -0.3 is 16.4 Å². The molecule has 1 aromatic heterocycles. The first-order chi connectivity index (χ1) is 12.0. The highest BCUT2D eigenvalue weighted by molar-refractivity contribution is 6.20. The first kappa shape index (κ1) is 18.1. The van der Waals surface area contributed by atoms with E-state index in [0.29, 0.717) is 0 Å². The third kappa shape index (κ3) is 5.72. The van der Waals surface area contributed by atoms with Crippen molar-refractivity contribution in [1.29, 1.82) is 0 Å². The van der Waals surface area contributed by atoms with Gasteiger partial charge in [-0.3, -0.25) is 14.4 Å². The average molecular weight is 339 g/mol. The molecule has 0 bridgehead atoms. The number of hydrogen-bond acceptors (Lipinski definition) is 4. The Hall–Kier alpha value is -3.22. The Kier molecular flexibility index (Phi) is 6.22. The molecule has 0 fully saturated rings. The SMILES string of the molecule is Cc1cccc(CNC(=O)[C](CC(N)=O)C(=O)Nc2ccccn2)c1. The number of aromatic nitrogens is 1. The minimum absolute atomic E-state index is 0.236. The normalized spacial score (nSPS) is 10.3. The molecule has 0 aliphatic heterocycles. The van der Waals surface area contributed by atoms with Crippen molar-refractivity contribution >= 4 is 23.5 Å². The largest absolute Gasteiger partial charge is 0.370 e. The van der Waals surface area contributed by atoms with Gasteiger partial charge in [-0.2, -0.15) is 0 Å². The molecule has 1 heterocycles. The number of aryl methyl sites for hydroxylation is 1. The zero-order valence-electron chi connectivity index (χ0n) is 13.8. The van der Waals surface area contributed by atoms with Crippen LogP contribution in [0.15, 0.2) is 48.7 Å². The molecule has 7 nitrogen and oxygen atoms in total. The summed E-state index contributed by atoms with van der Waals surface area (Å²) in [5, 5.41) is 5.11. The molecule has 0 saturated heterocycles. The fraction of sp³-hybridized carbons (Fsp3) is 0.167. The number of benzene rings is 1. The van der Waals surface area contributed by atoms with Crippen molar-refractivity contribution in [3.05, 3.63) is 65.7 Å². The molecule has 4 N–H and O–H groups in total. The van der Waals surface area contributed by atoms with Crippen LogP contribution in [0.1, 0.15) is 17.5 Å². The van der Waals surface area contributed by atoms with Crippen LogP contribution in [0.4, 0.5) is 5.82 Å². The van der Waals surface area contributed by atoms with Gasteiger partial charge in [-0.1, -0.05) is 35.9 Å². The third-order valence-corrected chi connectivity index (χ3v) is 3.34. The van der Waals surface area contributed by atoms with Gasteiger partial charge in [-0.15, -0.1) is 0 Å². The van der Waals surface area contributed by atoms with E-state index in [9.17, 15) is 14.4 Å². The maximum atomic E-state index is 12.3. The summed E-state index contributed by atoms with van der Waals surface area (Å²) in [5.74, 6) is -2.10. The minimum atomic E-state index is -0.767. The van der Waals surface area contributed by atoms with E-state index in [1.54, 1.807) is 18.2 Å². The number of carbonyl (C=O) groups is 3. The molecule has 129 valence electrons. The summed E-state index contributed by atoms with van der Waals surface area (Å²) in [5.41, 5.74) is 7.10. The summed E-state index contributed by atoms with van der Waals surface area (Å²) in [6.07, 6.45) is 1.04. The van der Waals surface area contributed by atoms with Crippen LogP contribution in [0.5, 0.6) is 0 Å². The maximum absolute atomic E-state index is 12.3. The Morgan fingerprint density at radius 2 is 1.88 bits per heavy atom. The number of nitrogens with one attached hydrogen (secondary N) is 2. The summed E-state index contributed by atoms with van der Waals surface area (Å²) < 4.78 is 0. The molecule has 2 aromatic rings. The van der Waals surface area contributed by atoms with Crippen LogP contribution < -0.4 is 16.4 Å². The molecule has 0 spiro atoms. The number of carbonyl (C=O) groups excluding carboxylic acids is 3. The monoisotopic (exact) mass is 339 g/mol. The first-order valence-electron chi connectivity index (χ1n) is 7.66.